The van der Waals surface area contributed by atoms with Crippen LogP contribution in [0.3, 0.4) is 0 Å². The summed E-state index contributed by atoms with van der Waals surface area (Å²) in [6.07, 6.45) is 0. The Labute approximate surface area is 102 Å². The molecule has 0 aliphatic carbocycles. The molecule has 0 radical (unpaired) electrons. The van der Waals surface area contributed by atoms with Gasteiger partial charge in [-0.1, -0.05) is 0 Å². The van der Waals surface area contributed by atoms with Crippen molar-refractivity contribution in [1.29, 1.82) is 0 Å². The summed E-state index contributed by atoms with van der Waals surface area (Å²) >= 11 is 0. The van der Waals surface area contributed by atoms with E-state index >= 15 is 0 Å². The van der Waals surface area contributed by atoms with Crippen LogP contribution in [0, 0.1) is 5.41 Å². The minimum atomic E-state index is -0.485. The van der Waals surface area contributed by atoms with E-state index in [0.717, 1.165) is 13.1 Å². The Bertz CT molecular complexity index is 285. The van der Waals surface area contributed by atoms with Crippen LogP contribution in [0.4, 0.5) is 0 Å². The Hall–Kier alpha value is -0.650. The molecule has 0 unspecified atom stereocenters. The van der Waals surface area contributed by atoms with Gasteiger partial charge in [-0.15, -0.1) is 0 Å². The van der Waals surface area contributed by atoms with Gasteiger partial charge in [0.25, 0.3) is 0 Å². The van der Waals surface area contributed by atoms with Crippen LogP contribution in [-0.2, 0) is 19.0 Å². The molecule has 1 spiro atoms. The standard InChI is InChI=1S/C12H21NO4/c1-4-15-5-10(14)13-6-12(7-13)8-16-11(2,3)17-9-12/h4-9H2,1-3H3. The van der Waals surface area contributed by atoms with Gasteiger partial charge in [0.2, 0.25) is 5.91 Å². The number of nitrogens with zero attached hydrogens (tertiary/aromatic N) is 1. The van der Waals surface area contributed by atoms with Gasteiger partial charge in [-0.05, 0) is 20.8 Å². The molecule has 1 amide bonds. The van der Waals surface area contributed by atoms with Gasteiger partial charge in [-0.25, -0.2) is 0 Å². The topological polar surface area (TPSA) is 48.0 Å². The second-order valence-electron chi connectivity index (χ2n) is 5.36. The maximum absolute atomic E-state index is 11.7. The lowest BCUT2D eigenvalue weighted by molar-refractivity contribution is -0.303. The summed E-state index contributed by atoms with van der Waals surface area (Å²) in [4.78, 5) is 13.5. The Kier molecular flexibility index (Phi) is 3.43. The van der Waals surface area contributed by atoms with Crippen molar-refractivity contribution in [2.24, 2.45) is 5.41 Å². The highest BCUT2D eigenvalue weighted by atomic mass is 16.7. The summed E-state index contributed by atoms with van der Waals surface area (Å²) in [5.41, 5.74) is 0.0113. The molecule has 5 nitrogen and oxygen atoms in total. The quantitative estimate of drug-likeness (QED) is 0.729. The Morgan fingerprint density at radius 2 is 1.88 bits per heavy atom. The summed E-state index contributed by atoms with van der Waals surface area (Å²) in [7, 11) is 0. The zero-order chi connectivity index (χ0) is 12.5. The van der Waals surface area contributed by atoms with Crippen LogP contribution in [0.2, 0.25) is 0 Å². The Morgan fingerprint density at radius 3 is 2.41 bits per heavy atom. The van der Waals surface area contributed by atoms with E-state index in [1.807, 2.05) is 20.8 Å². The number of carbonyl (C=O) groups excluding carboxylic acids is 1. The van der Waals surface area contributed by atoms with Gasteiger partial charge < -0.3 is 19.1 Å². The van der Waals surface area contributed by atoms with Crippen LogP contribution in [0.1, 0.15) is 20.8 Å². The minimum Gasteiger partial charge on any atom is -0.372 e. The van der Waals surface area contributed by atoms with Crippen molar-refractivity contribution >= 4 is 5.91 Å². The first kappa shape index (κ1) is 12.8. The zero-order valence-corrected chi connectivity index (χ0v) is 10.8. The van der Waals surface area contributed by atoms with Crippen molar-refractivity contribution < 1.29 is 19.0 Å². The van der Waals surface area contributed by atoms with Gasteiger partial charge in [-0.2, -0.15) is 0 Å². The van der Waals surface area contributed by atoms with Crippen LogP contribution in [0.25, 0.3) is 0 Å². The molecular weight excluding hydrogens is 222 g/mol. The predicted octanol–water partition coefficient (Wildman–Crippen LogP) is 0.634. The summed E-state index contributed by atoms with van der Waals surface area (Å²) in [5.74, 6) is -0.427. The fourth-order valence-electron chi connectivity index (χ4n) is 2.14. The van der Waals surface area contributed by atoms with Gasteiger partial charge in [-0.3, -0.25) is 4.79 Å². The summed E-state index contributed by atoms with van der Waals surface area (Å²) in [5, 5.41) is 0. The molecule has 17 heavy (non-hydrogen) atoms. The lowest BCUT2D eigenvalue weighted by Crippen LogP contribution is -2.66. The summed E-state index contributed by atoms with van der Waals surface area (Å²) < 4.78 is 16.4. The number of likely N-dealkylation sites (tertiary alicyclic amines) is 1. The molecule has 0 saturated carbocycles. The fourth-order valence-corrected chi connectivity index (χ4v) is 2.14. The monoisotopic (exact) mass is 243 g/mol. The third-order valence-corrected chi connectivity index (χ3v) is 3.29. The van der Waals surface area contributed by atoms with E-state index in [2.05, 4.69) is 0 Å². The number of hydrogen-bond acceptors (Lipinski definition) is 4. The second-order valence-corrected chi connectivity index (χ2v) is 5.36. The predicted molar refractivity (Wildman–Crippen MR) is 61.5 cm³/mol. The van der Waals surface area contributed by atoms with Crippen molar-refractivity contribution in [3.8, 4) is 0 Å². The molecule has 2 saturated heterocycles. The van der Waals surface area contributed by atoms with Crippen molar-refractivity contribution in [3.05, 3.63) is 0 Å². The number of ether oxygens (including phenoxy) is 3. The fraction of sp³-hybridized carbons (Fsp3) is 0.917. The van der Waals surface area contributed by atoms with Crippen LogP contribution in [0.5, 0.6) is 0 Å². The highest BCUT2D eigenvalue weighted by Crippen LogP contribution is 2.37. The molecule has 98 valence electrons. The van der Waals surface area contributed by atoms with E-state index in [1.165, 1.54) is 0 Å². The van der Waals surface area contributed by atoms with Gasteiger partial charge in [0.15, 0.2) is 5.79 Å². The van der Waals surface area contributed by atoms with Gasteiger partial charge in [0.1, 0.15) is 6.61 Å². The maximum Gasteiger partial charge on any atom is 0.248 e. The normalized spacial score (nSPS) is 25.7. The van der Waals surface area contributed by atoms with Crippen LogP contribution >= 0.6 is 0 Å². The van der Waals surface area contributed by atoms with E-state index in [0.29, 0.717) is 19.8 Å². The minimum absolute atomic E-state index is 0.0113. The molecule has 0 bridgehead atoms. The van der Waals surface area contributed by atoms with Crippen molar-refractivity contribution in [2.75, 3.05) is 39.5 Å². The van der Waals surface area contributed by atoms with E-state index in [9.17, 15) is 4.79 Å². The van der Waals surface area contributed by atoms with Crippen molar-refractivity contribution in [2.45, 2.75) is 26.6 Å². The molecule has 0 aromatic carbocycles. The first-order valence-electron chi connectivity index (χ1n) is 6.10. The summed E-state index contributed by atoms with van der Waals surface area (Å²) in [6, 6.07) is 0. The molecule has 2 aliphatic heterocycles. The number of hydrogen-bond donors (Lipinski definition) is 0. The Balaban J connectivity index is 1.77. The average Bonchev–Trinajstić information content (AvgIpc) is 2.23. The highest BCUT2D eigenvalue weighted by molar-refractivity contribution is 5.78. The van der Waals surface area contributed by atoms with Gasteiger partial charge in [0.05, 0.1) is 18.6 Å². The largest absolute Gasteiger partial charge is 0.372 e. The molecule has 2 heterocycles. The zero-order valence-electron chi connectivity index (χ0n) is 10.8. The van der Waals surface area contributed by atoms with E-state index in [-0.39, 0.29) is 17.9 Å². The van der Waals surface area contributed by atoms with Gasteiger partial charge in [0, 0.05) is 19.7 Å². The molecular formula is C12H21NO4. The summed E-state index contributed by atoms with van der Waals surface area (Å²) in [6.45, 7) is 9.23. The SMILES string of the molecule is CCOCC(=O)N1CC2(COC(C)(C)OC2)C1. The maximum atomic E-state index is 11.7. The van der Waals surface area contributed by atoms with E-state index in [4.69, 9.17) is 14.2 Å². The smallest absolute Gasteiger partial charge is 0.248 e. The number of carbonyl (C=O) groups is 1. The third-order valence-electron chi connectivity index (χ3n) is 3.29. The Morgan fingerprint density at radius 1 is 1.29 bits per heavy atom. The highest BCUT2D eigenvalue weighted by Gasteiger charge is 2.49. The van der Waals surface area contributed by atoms with Crippen molar-refractivity contribution in [1.82, 2.24) is 4.90 Å². The lowest BCUT2D eigenvalue weighted by atomic mass is 9.80. The number of amides is 1. The molecule has 0 atom stereocenters. The first-order chi connectivity index (χ1) is 7.96. The van der Waals surface area contributed by atoms with Crippen LogP contribution in [0.15, 0.2) is 0 Å². The first-order valence-corrected chi connectivity index (χ1v) is 6.10. The molecule has 5 heteroatoms. The van der Waals surface area contributed by atoms with Crippen molar-refractivity contribution in [3.63, 3.8) is 0 Å². The number of rotatable bonds is 3. The lowest BCUT2D eigenvalue weighted by Gasteiger charge is -2.53. The van der Waals surface area contributed by atoms with E-state index < -0.39 is 5.79 Å². The molecule has 2 aliphatic rings. The second kappa shape index (κ2) is 4.55. The molecule has 0 aromatic heterocycles. The van der Waals surface area contributed by atoms with Gasteiger partial charge >= 0.3 is 0 Å². The van der Waals surface area contributed by atoms with E-state index in [1.54, 1.807) is 4.90 Å². The third kappa shape index (κ3) is 2.78. The molecule has 0 N–H and O–H groups in total. The van der Waals surface area contributed by atoms with Crippen LogP contribution in [-0.4, -0.2) is 56.1 Å². The molecule has 2 rings (SSSR count). The molecule has 0 aromatic rings. The molecule has 2 fully saturated rings. The van der Waals surface area contributed by atoms with Crippen LogP contribution < -0.4 is 0 Å². The average molecular weight is 243 g/mol.